The van der Waals surface area contributed by atoms with Gasteiger partial charge in [0.1, 0.15) is 6.33 Å². The summed E-state index contributed by atoms with van der Waals surface area (Å²) in [5, 5.41) is 8.70. The van der Waals surface area contributed by atoms with E-state index in [1.165, 1.54) is 6.42 Å². The number of hydrogen-bond acceptors (Lipinski definition) is 3. The molecule has 0 bridgehead atoms. The molecule has 0 spiro atoms. The Kier molecular flexibility index (Phi) is 2.74. The highest BCUT2D eigenvalue weighted by atomic mass is 32.2. The third-order valence-electron chi connectivity index (χ3n) is 1.11. The van der Waals surface area contributed by atoms with Crippen molar-refractivity contribution in [2.24, 2.45) is 7.05 Å². The minimum absolute atomic E-state index is 1.00. The van der Waals surface area contributed by atoms with Crippen molar-refractivity contribution in [3.8, 4) is 0 Å². The van der Waals surface area contributed by atoms with Crippen LogP contribution < -0.4 is 0 Å². The Morgan fingerprint density at radius 2 is 2.50 bits per heavy atom. The molecule has 4 heteroatoms. The first-order valence-electron chi connectivity index (χ1n) is 3.31. The highest BCUT2D eigenvalue weighted by molar-refractivity contribution is 7.99. The Morgan fingerprint density at radius 3 is 3.00 bits per heavy atom. The van der Waals surface area contributed by atoms with Crippen LogP contribution in [0.4, 0.5) is 0 Å². The number of hydrogen-bond donors (Lipinski definition) is 0. The van der Waals surface area contributed by atoms with Gasteiger partial charge in [0.2, 0.25) is 0 Å². The van der Waals surface area contributed by atoms with Crippen LogP contribution in [-0.4, -0.2) is 20.5 Å². The Labute approximate surface area is 64.8 Å². The summed E-state index contributed by atoms with van der Waals surface area (Å²) in [6.07, 6.45) is 2.90. The van der Waals surface area contributed by atoms with Gasteiger partial charge in [0.05, 0.1) is 0 Å². The lowest BCUT2D eigenvalue weighted by Crippen LogP contribution is -1.88. The second kappa shape index (κ2) is 3.61. The van der Waals surface area contributed by atoms with E-state index in [1.54, 1.807) is 18.1 Å². The minimum Gasteiger partial charge on any atom is -0.312 e. The van der Waals surface area contributed by atoms with E-state index in [-0.39, 0.29) is 0 Å². The van der Waals surface area contributed by atoms with Crippen LogP contribution in [0.25, 0.3) is 0 Å². The molecule has 1 aromatic rings. The van der Waals surface area contributed by atoms with Gasteiger partial charge in [-0.15, -0.1) is 10.2 Å². The molecular weight excluding hydrogens is 146 g/mol. The molecule has 0 N–H and O–H groups in total. The first kappa shape index (κ1) is 7.60. The summed E-state index contributed by atoms with van der Waals surface area (Å²) in [4.78, 5) is 0. The molecule has 1 aromatic heterocycles. The van der Waals surface area contributed by atoms with Crippen molar-refractivity contribution < 1.29 is 0 Å². The molecule has 3 nitrogen and oxygen atoms in total. The smallest absolute Gasteiger partial charge is 0.190 e. The van der Waals surface area contributed by atoms with Crippen LogP contribution in [0.15, 0.2) is 11.5 Å². The van der Waals surface area contributed by atoms with Crippen LogP contribution in [-0.2, 0) is 7.05 Å². The number of nitrogens with zero attached hydrogens (tertiary/aromatic N) is 3. The fraction of sp³-hybridized carbons (Fsp3) is 0.667. The van der Waals surface area contributed by atoms with Crippen molar-refractivity contribution in [1.82, 2.24) is 14.8 Å². The largest absolute Gasteiger partial charge is 0.312 e. The first-order valence-corrected chi connectivity index (χ1v) is 4.30. The highest BCUT2D eigenvalue weighted by Gasteiger charge is 1.97. The molecular formula is C6H11N3S. The Morgan fingerprint density at radius 1 is 1.70 bits per heavy atom. The minimum atomic E-state index is 1.00. The number of rotatable bonds is 3. The maximum atomic E-state index is 3.93. The molecule has 0 aromatic carbocycles. The van der Waals surface area contributed by atoms with E-state index in [0.29, 0.717) is 0 Å². The first-order chi connectivity index (χ1) is 4.84. The predicted molar refractivity (Wildman–Crippen MR) is 42.0 cm³/mol. The van der Waals surface area contributed by atoms with Gasteiger partial charge in [-0.1, -0.05) is 18.7 Å². The van der Waals surface area contributed by atoms with Crippen LogP contribution in [0.1, 0.15) is 13.3 Å². The second-order valence-electron chi connectivity index (χ2n) is 2.07. The predicted octanol–water partition coefficient (Wildman–Crippen LogP) is 1.32. The molecule has 0 aliphatic carbocycles. The van der Waals surface area contributed by atoms with Crippen LogP contribution in [0.2, 0.25) is 0 Å². The molecule has 0 fully saturated rings. The lowest BCUT2D eigenvalue weighted by molar-refractivity contribution is 0.788. The summed E-state index contributed by atoms with van der Waals surface area (Å²) in [5.41, 5.74) is 0. The third kappa shape index (κ3) is 1.73. The zero-order chi connectivity index (χ0) is 7.40. The SMILES string of the molecule is CCCSc1nncn1C. The summed E-state index contributed by atoms with van der Waals surface area (Å²) < 4.78 is 1.93. The maximum Gasteiger partial charge on any atom is 0.190 e. The van der Waals surface area contributed by atoms with Crippen LogP contribution >= 0.6 is 11.8 Å². The van der Waals surface area contributed by atoms with Crippen molar-refractivity contribution in [2.75, 3.05) is 5.75 Å². The third-order valence-corrected chi connectivity index (χ3v) is 2.35. The van der Waals surface area contributed by atoms with Gasteiger partial charge in [-0.05, 0) is 6.42 Å². The van der Waals surface area contributed by atoms with Gasteiger partial charge >= 0.3 is 0 Å². The molecule has 0 amide bonds. The van der Waals surface area contributed by atoms with Crippen molar-refractivity contribution in [1.29, 1.82) is 0 Å². The quantitative estimate of drug-likeness (QED) is 0.620. The van der Waals surface area contributed by atoms with E-state index in [9.17, 15) is 0 Å². The second-order valence-corrected chi connectivity index (χ2v) is 3.13. The standard InChI is InChI=1S/C6H11N3S/c1-3-4-10-6-8-7-5-9(6)2/h5H,3-4H2,1-2H3. The molecule has 0 atom stereocenters. The van der Waals surface area contributed by atoms with E-state index >= 15 is 0 Å². The van der Waals surface area contributed by atoms with Crippen molar-refractivity contribution in [3.05, 3.63) is 6.33 Å². The van der Waals surface area contributed by atoms with E-state index in [0.717, 1.165) is 10.9 Å². The summed E-state index contributed by atoms with van der Waals surface area (Å²) in [7, 11) is 1.96. The average Bonchev–Trinajstić information content (AvgIpc) is 2.31. The average molecular weight is 157 g/mol. The van der Waals surface area contributed by atoms with Crippen molar-refractivity contribution >= 4 is 11.8 Å². The summed E-state index contributed by atoms with van der Waals surface area (Å²) in [6.45, 7) is 2.16. The fourth-order valence-corrected chi connectivity index (χ4v) is 1.34. The zero-order valence-electron chi connectivity index (χ0n) is 6.24. The molecule has 0 aliphatic rings. The Balaban J connectivity index is 2.49. The number of aromatic nitrogens is 3. The van der Waals surface area contributed by atoms with Gasteiger partial charge in [-0.25, -0.2) is 0 Å². The molecule has 56 valence electrons. The van der Waals surface area contributed by atoms with E-state index in [4.69, 9.17) is 0 Å². The molecule has 0 saturated heterocycles. The van der Waals surface area contributed by atoms with Gasteiger partial charge in [-0.3, -0.25) is 0 Å². The van der Waals surface area contributed by atoms with Crippen LogP contribution in [0.5, 0.6) is 0 Å². The molecule has 0 aliphatic heterocycles. The van der Waals surface area contributed by atoms with Crippen LogP contribution in [0, 0.1) is 0 Å². The lowest BCUT2D eigenvalue weighted by Gasteiger charge is -1.95. The summed E-state index contributed by atoms with van der Waals surface area (Å²) in [6, 6.07) is 0. The van der Waals surface area contributed by atoms with E-state index in [2.05, 4.69) is 17.1 Å². The van der Waals surface area contributed by atoms with Crippen molar-refractivity contribution in [3.63, 3.8) is 0 Å². The fourth-order valence-electron chi connectivity index (χ4n) is 0.597. The summed E-state index contributed by atoms with van der Waals surface area (Å²) in [5.74, 6) is 1.12. The number of aryl methyl sites for hydroxylation is 1. The Bertz CT molecular complexity index is 197. The zero-order valence-corrected chi connectivity index (χ0v) is 7.06. The summed E-state index contributed by atoms with van der Waals surface area (Å²) >= 11 is 1.74. The van der Waals surface area contributed by atoms with E-state index < -0.39 is 0 Å². The number of thioether (sulfide) groups is 1. The molecule has 0 saturated carbocycles. The van der Waals surface area contributed by atoms with Crippen LogP contribution in [0.3, 0.4) is 0 Å². The van der Waals surface area contributed by atoms with Gasteiger partial charge < -0.3 is 4.57 Å². The molecule has 1 heterocycles. The highest BCUT2D eigenvalue weighted by Crippen LogP contribution is 2.13. The lowest BCUT2D eigenvalue weighted by atomic mass is 10.6. The van der Waals surface area contributed by atoms with Gasteiger partial charge in [-0.2, -0.15) is 0 Å². The topological polar surface area (TPSA) is 30.7 Å². The Hall–Kier alpha value is -0.510. The van der Waals surface area contributed by atoms with E-state index in [1.807, 2.05) is 11.6 Å². The van der Waals surface area contributed by atoms with Gasteiger partial charge in [0, 0.05) is 12.8 Å². The normalized spacial score (nSPS) is 10.2. The maximum absolute atomic E-state index is 3.93. The molecule has 1 rings (SSSR count). The molecule has 0 radical (unpaired) electrons. The van der Waals surface area contributed by atoms with Gasteiger partial charge in [0.25, 0.3) is 0 Å². The monoisotopic (exact) mass is 157 g/mol. The molecule has 10 heavy (non-hydrogen) atoms. The molecule has 0 unspecified atom stereocenters. The van der Waals surface area contributed by atoms with Gasteiger partial charge in [0.15, 0.2) is 5.16 Å². The van der Waals surface area contributed by atoms with Crippen molar-refractivity contribution in [2.45, 2.75) is 18.5 Å².